The minimum atomic E-state index is -1.21. The third-order valence-corrected chi connectivity index (χ3v) is 6.25. The number of aliphatic carboxylic acids is 1. The van der Waals surface area contributed by atoms with Gasteiger partial charge in [-0.05, 0) is 24.5 Å². The van der Waals surface area contributed by atoms with E-state index in [0.717, 1.165) is 16.5 Å². The van der Waals surface area contributed by atoms with Crippen LogP contribution in [-0.2, 0) is 25.6 Å². The summed E-state index contributed by atoms with van der Waals surface area (Å²) in [6, 6.07) is 3.13. The van der Waals surface area contributed by atoms with Crippen LogP contribution in [0.3, 0.4) is 0 Å². The molecule has 34 heavy (non-hydrogen) atoms. The molecule has 0 aliphatic carbocycles. The summed E-state index contributed by atoms with van der Waals surface area (Å²) in [5.74, 6) is -3.09. The van der Waals surface area contributed by atoms with Crippen LogP contribution in [0.15, 0.2) is 30.5 Å². The van der Waals surface area contributed by atoms with Crippen molar-refractivity contribution in [2.24, 2.45) is 5.73 Å². The molecule has 0 bridgehead atoms. The summed E-state index contributed by atoms with van der Waals surface area (Å²) in [5.41, 5.74) is 7.13. The smallest absolute Gasteiger partial charge is 0.326 e. The number of amides is 3. The average Bonchev–Trinajstić information content (AvgIpc) is 3.48. The number of aromatic nitrogens is 1. The van der Waals surface area contributed by atoms with Gasteiger partial charge in [0.25, 0.3) is 0 Å². The largest absolute Gasteiger partial charge is 0.480 e. The third-order valence-electron chi connectivity index (χ3n) is 5.88. The van der Waals surface area contributed by atoms with E-state index in [4.69, 9.17) is 10.8 Å². The number of carboxylic acid groups (broad SMARTS) is 1. The number of H-pyrrole nitrogens is 1. The highest BCUT2D eigenvalue weighted by molar-refractivity contribution is 7.80. The van der Waals surface area contributed by atoms with E-state index in [9.17, 15) is 24.3 Å². The van der Waals surface area contributed by atoms with E-state index in [1.807, 2.05) is 24.3 Å². The number of nitrogens with one attached hydrogen (secondary N) is 3. The minimum absolute atomic E-state index is 0.0782. The van der Waals surface area contributed by atoms with Crippen molar-refractivity contribution in [3.05, 3.63) is 36.0 Å². The van der Waals surface area contributed by atoms with Gasteiger partial charge in [-0.15, -0.1) is 0 Å². The Kier molecular flexibility index (Phi) is 8.53. The number of para-hydroxylation sites is 1. The average molecular weight is 492 g/mol. The summed E-state index contributed by atoms with van der Waals surface area (Å²) >= 11 is 4.11. The number of nitrogens with two attached hydrogens (primary N) is 1. The lowest BCUT2D eigenvalue weighted by Crippen LogP contribution is -2.58. The predicted molar refractivity (Wildman–Crippen MR) is 127 cm³/mol. The number of likely N-dealkylation sites (tertiary alicyclic amines) is 1. The number of hydrogen-bond donors (Lipinski definition) is 7. The molecule has 1 aromatic carbocycles. The molecular weight excluding hydrogens is 462 g/mol. The first-order valence-electron chi connectivity index (χ1n) is 10.9. The number of nitrogens with zero attached hydrogens (tertiary/aromatic N) is 1. The maximum Gasteiger partial charge on any atom is 0.326 e. The van der Waals surface area contributed by atoms with Crippen LogP contribution < -0.4 is 16.4 Å². The van der Waals surface area contributed by atoms with Crippen molar-refractivity contribution in [1.29, 1.82) is 0 Å². The van der Waals surface area contributed by atoms with Crippen LogP contribution in [0.5, 0.6) is 0 Å². The van der Waals surface area contributed by atoms with Gasteiger partial charge in [-0.1, -0.05) is 18.2 Å². The Bertz CT molecular complexity index is 1060. The Hall–Kier alpha value is -3.09. The first-order valence-corrected chi connectivity index (χ1v) is 11.6. The van der Waals surface area contributed by atoms with Crippen molar-refractivity contribution in [1.82, 2.24) is 20.5 Å². The van der Waals surface area contributed by atoms with Gasteiger partial charge in [-0.2, -0.15) is 12.6 Å². The SMILES string of the molecule is NC(CO)C(=O)NC(CS)C(=O)NC(Cc1c[nH]c2ccccc12)C(=O)N1CCCC1C(=O)O. The first kappa shape index (κ1) is 25.5. The lowest BCUT2D eigenvalue weighted by molar-refractivity contribution is -0.149. The molecule has 1 aliphatic heterocycles. The molecule has 0 spiro atoms. The Morgan fingerprint density at radius 1 is 1.18 bits per heavy atom. The molecule has 12 heteroatoms. The standard InChI is InChI=1S/C22H29N5O6S/c23-14(10-28)19(29)26-17(11-34)20(30)25-16(21(31)27-7-3-6-18(27)22(32)33)8-12-9-24-15-5-2-1-4-13(12)15/h1-2,4-5,9,14,16-18,24,28,34H,3,6-8,10-11,23H2,(H,25,30)(H,26,29)(H,32,33). The zero-order valence-electron chi connectivity index (χ0n) is 18.4. The number of aliphatic hydroxyl groups excluding tert-OH is 1. The number of carbonyl (C=O) groups excluding carboxylic acids is 3. The zero-order chi connectivity index (χ0) is 24.8. The molecule has 4 unspecified atom stereocenters. The molecule has 1 fully saturated rings. The topological polar surface area (TPSA) is 178 Å². The van der Waals surface area contributed by atoms with Crippen molar-refractivity contribution in [2.45, 2.75) is 43.4 Å². The predicted octanol–water partition coefficient (Wildman–Crippen LogP) is -0.995. The third kappa shape index (κ3) is 5.69. The summed E-state index contributed by atoms with van der Waals surface area (Å²) < 4.78 is 0. The Balaban J connectivity index is 1.84. The fourth-order valence-electron chi connectivity index (χ4n) is 4.04. The Morgan fingerprint density at radius 2 is 1.88 bits per heavy atom. The lowest BCUT2D eigenvalue weighted by atomic mass is 10.0. The highest BCUT2D eigenvalue weighted by Gasteiger charge is 2.38. The van der Waals surface area contributed by atoms with Gasteiger partial charge in [-0.3, -0.25) is 14.4 Å². The van der Waals surface area contributed by atoms with Crippen LogP contribution in [0.1, 0.15) is 18.4 Å². The second-order valence-corrected chi connectivity index (χ2v) is 8.55. The molecule has 184 valence electrons. The minimum Gasteiger partial charge on any atom is -0.480 e. The van der Waals surface area contributed by atoms with Gasteiger partial charge < -0.3 is 36.5 Å². The molecular formula is C22H29N5O6S. The maximum absolute atomic E-state index is 13.4. The van der Waals surface area contributed by atoms with E-state index in [1.165, 1.54) is 4.90 Å². The summed E-state index contributed by atoms with van der Waals surface area (Å²) in [6.07, 6.45) is 2.74. The Morgan fingerprint density at radius 3 is 2.56 bits per heavy atom. The van der Waals surface area contributed by atoms with Gasteiger partial charge in [0.2, 0.25) is 17.7 Å². The molecule has 2 aromatic rings. The van der Waals surface area contributed by atoms with Gasteiger partial charge in [0, 0.05) is 35.8 Å². The van der Waals surface area contributed by atoms with E-state index in [-0.39, 0.29) is 18.7 Å². The van der Waals surface area contributed by atoms with Crippen molar-refractivity contribution < 1.29 is 29.4 Å². The number of thiol groups is 1. The number of aromatic amines is 1. The van der Waals surface area contributed by atoms with E-state index >= 15 is 0 Å². The normalized spacial score (nSPS) is 18.3. The molecule has 2 heterocycles. The van der Waals surface area contributed by atoms with Gasteiger partial charge in [-0.25, -0.2) is 4.79 Å². The molecule has 0 radical (unpaired) electrons. The summed E-state index contributed by atoms with van der Waals surface area (Å²) in [5, 5.41) is 24.5. The molecule has 4 atom stereocenters. The number of rotatable bonds is 10. The van der Waals surface area contributed by atoms with Gasteiger partial charge in [0.1, 0.15) is 24.2 Å². The highest BCUT2D eigenvalue weighted by atomic mass is 32.1. The van der Waals surface area contributed by atoms with Crippen LogP contribution in [0.2, 0.25) is 0 Å². The monoisotopic (exact) mass is 491 g/mol. The van der Waals surface area contributed by atoms with E-state index in [0.29, 0.717) is 12.8 Å². The molecule has 1 saturated heterocycles. The Labute approximate surface area is 201 Å². The van der Waals surface area contributed by atoms with E-state index < -0.39 is 54.5 Å². The van der Waals surface area contributed by atoms with Crippen molar-refractivity contribution in [2.75, 3.05) is 18.9 Å². The van der Waals surface area contributed by atoms with Gasteiger partial charge >= 0.3 is 5.97 Å². The van der Waals surface area contributed by atoms with Crippen LogP contribution in [0.4, 0.5) is 0 Å². The second-order valence-electron chi connectivity index (χ2n) is 8.19. The second kappa shape index (κ2) is 11.4. The lowest BCUT2D eigenvalue weighted by Gasteiger charge is -2.28. The number of hydrogen-bond acceptors (Lipinski definition) is 7. The molecule has 7 N–H and O–H groups in total. The fourth-order valence-corrected chi connectivity index (χ4v) is 4.29. The maximum atomic E-state index is 13.4. The number of benzene rings is 1. The number of carboxylic acids is 1. The van der Waals surface area contributed by atoms with Gasteiger partial charge in [0.05, 0.1) is 6.61 Å². The van der Waals surface area contributed by atoms with Crippen LogP contribution in [0, 0.1) is 0 Å². The molecule has 11 nitrogen and oxygen atoms in total. The number of carbonyl (C=O) groups is 4. The van der Waals surface area contributed by atoms with Crippen LogP contribution in [-0.4, -0.2) is 86.9 Å². The first-order chi connectivity index (χ1) is 16.3. The van der Waals surface area contributed by atoms with Crippen molar-refractivity contribution in [3.8, 4) is 0 Å². The molecule has 1 aliphatic rings. The molecule has 0 saturated carbocycles. The fraction of sp³-hybridized carbons (Fsp3) is 0.455. The van der Waals surface area contributed by atoms with Crippen LogP contribution >= 0.6 is 12.6 Å². The van der Waals surface area contributed by atoms with Crippen molar-refractivity contribution in [3.63, 3.8) is 0 Å². The number of fused-ring (bicyclic) bond motifs is 1. The summed E-state index contributed by atoms with van der Waals surface area (Å²) in [4.78, 5) is 54.5. The highest BCUT2D eigenvalue weighted by Crippen LogP contribution is 2.23. The van der Waals surface area contributed by atoms with E-state index in [1.54, 1.807) is 6.20 Å². The quantitative estimate of drug-likeness (QED) is 0.208. The summed E-state index contributed by atoms with van der Waals surface area (Å²) in [6.45, 7) is -0.325. The van der Waals surface area contributed by atoms with Crippen LogP contribution in [0.25, 0.3) is 10.9 Å². The molecule has 1 aromatic heterocycles. The van der Waals surface area contributed by atoms with E-state index in [2.05, 4.69) is 28.2 Å². The molecule has 3 rings (SSSR count). The summed E-state index contributed by atoms with van der Waals surface area (Å²) in [7, 11) is 0. The van der Waals surface area contributed by atoms with Gasteiger partial charge in [0.15, 0.2) is 0 Å². The molecule has 3 amide bonds. The van der Waals surface area contributed by atoms with Crippen molar-refractivity contribution >= 4 is 47.2 Å². The number of aliphatic hydroxyl groups is 1. The zero-order valence-corrected chi connectivity index (χ0v) is 19.3.